The molecule has 4 aromatic rings. The largest absolute Gasteiger partial charge is 0.497 e. The summed E-state index contributed by atoms with van der Waals surface area (Å²) >= 11 is 1.42. The lowest BCUT2D eigenvalue weighted by molar-refractivity contribution is 0.415. The van der Waals surface area contributed by atoms with Gasteiger partial charge >= 0.3 is 5.63 Å². The Balaban J connectivity index is 1.67. The summed E-state index contributed by atoms with van der Waals surface area (Å²) in [5.41, 5.74) is 2.09. The van der Waals surface area contributed by atoms with E-state index in [0.717, 1.165) is 16.8 Å². The fourth-order valence-corrected chi connectivity index (χ4v) is 3.25. The van der Waals surface area contributed by atoms with Gasteiger partial charge in [0.25, 0.3) is 0 Å². The fraction of sp³-hybridized carbons (Fsp3) is 0.0526. The number of benzene rings is 2. The second-order valence-corrected chi connectivity index (χ2v) is 6.24. The zero-order valence-corrected chi connectivity index (χ0v) is 14.2. The molecule has 2 aromatic carbocycles. The van der Waals surface area contributed by atoms with Crippen molar-refractivity contribution in [2.24, 2.45) is 0 Å². The molecule has 5 nitrogen and oxygen atoms in total. The molecule has 124 valence electrons. The quantitative estimate of drug-likeness (QED) is 0.542. The van der Waals surface area contributed by atoms with Crippen LogP contribution >= 0.6 is 11.3 Å². The van der Waals surface area contributed by atoms with Gasteiger partial charge in [-0.15, -0.1) is 11.3 Å². The van der Waals surface area contributed by atoms with Crippen LogP contribution in [0, 0.1) is 0 Å². The molecular weight excluding hydrogens is 336 g/mol. The summed E-state index contributed by atoms with van der Waals surface area (Å²) in [6.45, 7) is 0. The smallest absolute Gasteiger partial charge is 0.345 e. The predicted octanol–water partition coefficient (Wildman–Crippen LogP) is 4.67. The van der Waals surface area contributed by atoms with E-state index in [9.17, 15) is 4.79 Å². The van der Waals surface area contributed by atoms with E-state index in [1.165, 1.54) is 11.3 Å². The number of nitrogens with zero attached hydrogens (tertiary/aromatic N) is 1. The SMILES string of the molecule is COc1cccc(Nc2nc(-c3cc4ccccc4oc3=O)cs2)c1. The molecule has 4 rings (SSSR count). The predicted molar refractivity (Wildman–Crippen MR) is 99.9 cm³/mol. The Labute approximate surface area is 147 Å². The van der Waals surface area contributed by atoms with Crippen molar-refractivity contribution in [1.29, 1.82) is 0 Å². The monoisotopic (exact) mass is 350 g/mol. The van der Waals surface area contributed by atoms with Crippen molar-refractivity contribution in [3.63, 3.8) is 0 Å². The van der Waals surface area contributed by atoms with Gasteiger partial charge in [0.2, 0.25) is 0 Å². The number of para-hydroxylation sites is 1. The Kier molecular flexibility index (Phi) is 3.95. The van der Waals surface area contributed by atoms with Crippen LogP contribution in [-0.2, 0) is 0 Å². The van der Waals surface area contributed by atoms with Crippen LogP contribution < -0.4 is 15.7 Å². The second-order valence-electron chi connectivity index (χ2n) is 5.38. The van der Waals surface area contributed by atoms with Gasteiger partial charge in [-0.25, -0.2) is 9.78 Å². The lowest BCUT2D eigenvalue weighted by Crippen LogP contribution is -2.02. The minimum atomic E-state index is -0.392. The van der Waals surface area contributed by atoms with Crippen molar-refractivity contribution < 1.29 is 9.15 Å². The molecule has 6 heteroatoms. The zero-order chi connectivity index (χ0) is 17.2. The highest BCUT2D eigenvalue weighted by Crippen LogP contribution is 2.28. The molecule has 0 saturated carbocycles. The van der Waals surface area contributed by atoms with Crippen LogP contribution in [0.25, 0.3) is 22.2 Å². The van der Waals surface area contributed by atoms with Gasteiger partial charge in [-0.2, -0.15) is 0 Å². The first kappa shape index (κ1) is 15.4. The van der Waals surface area contributed by atoms with Gasteiger partial charge < -0.3 is 14.5 Å². The van der Waals surface area contributed by atoms with Crippen molar-refractivity contribution in [2.75, 3.05) is 12.4 Å². The van der Waals surface area contributed by atoms with E-state index in [2.05, 4.69) is 10.3 Å². The lowest BCUT2D eigenvalue weighted by atomic mass is 10.1. The van der Waals surface area contributed by atoms with Gasteiger partial charge in [0.05, 0.1) is 18.4 Å². The maximum atomic E-state index is 12.2. The number of methoxy groups -OCH3 is 1. The van der Waals surface area contributed by atoms with Crippen LogP contribution in [-0.4, -0.2) is 12.1 Å². The summed E-state index contributed by atoms with van der Waals surface area (Å²) < 4.78 is 10.6. The molecule has 0 aliphatic heterocycles. The third-order valence-corrected chi connectivity index (χ3v) is 4.50. The molecule has 0 aliphatic rings. The molecular formula is C19H14N2O3S. The Morgan fingerprint density at radius 3 is 2.88 bits per heavy atom. The summed E-state index contributed by atoms with van der Waals surface area (Å²) in [6.07, 6.45) is 0. The van der Waals surface area contributed by atoms with E-state index in [-0.39, 0.29) is 0 Å². The molecule has 2 aromatic heterocycles. The molecule has 0 atom stereocenters. The molecule has 0 unspecified atom stereocenters. The number of ether oxygens (including phenoxy) is 1. The topological polar surface area (TPSA) is 64.4 Å². The van der Waals surface area contributed by atoms with E-state index >= 15 is 0 Å². The molecule has 25 heavy (non-hydrogen) atoms. The Morgan fingerprint density at radius 1 is 1.12 bits per heavy atom. The molecule has 0 saturated heterocycles. The lowest BCUT2D eigenvalue weighted by Gasteiger charge is -2.04. The highest BCUT2D eigenvalue weighted by atomic mass is 32.1. The molecule has 0 amide bonds. The third kappa shape index (κ3) is 3.12. The molecule has 1 N–H and O–H groups in total. The van der Waals surface area contributed by atoms with E-state index in [4.69, 9.17) is 9.15 Å². The Bertz CT molecular complexity index is 1100. The second kappa shape index (κ2) is 6.41. The summed E-state index contributed by atoms with van der Waals surface area (Å²) in [7, 11) is 1.62. The Hall–Kier alpha value is -3.12. The summed E-state index contributed by atoms with van der Waals surface area (Å²) in [6, 6.07) is 16.8. The van der Waals surface area contributed by atoms with Gasteiger partial charge in [0.1, 0.15) is 11.3 Å². The van der Waals surface area contributed by atoms with Gasteiger partial charge in [0, 0.05) is 22.5 Å². The first-order valence-corrected chi connectivity index (χ1v) is 8.51. The number of hydrogen-bond donors (Lipinski definition) is 1. The Morgan fingerprint density at radius 2 is 2.00 bits per heavy atom. The fourth-order valence-electron chi connectivity index (χ4n) is 2.52. The van der Waals surface area contributed by atoms with Gasteiger partial charge in [0.15, 0.2) is 5.13 Å². The number of hydrogen-bond acceptors (Lipinski definition) is 6. The minimum Gasteiger partial charge on any atom is -0.497 e. The van der Waals surface area contributed by atoms with Crippen LogP contribution in [0.15, 0.2) is 69.2 Å². The van der Waals surface area contributed by atoms with Crippen LogP contribution in [0.1, 0.15) is 0 Å². The summed E-state index contributed by atoms with van der Waals surface area (Å²) in [5, 5.41) is 6.62. The standard InChI is InChI=1S/C19H14N2O3S/c1-23-14-7-4-6-13(10-14)20-19-21-16(11-25-19)15-9-12-5-2-3-8-17(12)24-18(15)22/h2-11H,1H3,(H,20,21). The van der Waals surface area contributed by atoms with Gasteiger partial charge in [-0.05, 0) is 24.3 Å². The van der Waals surface area contributed by atoms with Crippen LogP contribution in [0.4, 0.5) is 10.8 Å². The number of anilines is 2. The van der Waals surface area contributed by atoms with Crippen molar-refractivity contribution >= 4 is 33.1 Å². The van der Waals surface area contributed by atoms with Crippen LogP contribution in [0.3, 0.4) is 0 Å². The van der Waals surface area contributed by atoms with E-state index in [1.807, 2.05) is 53.9 Å². The molecule has 0 radical (unpaired) electrons. The van der Waals surface area contributed by atoms with Crippen molar-refractivity contribution in [3.05, 3.63) is 70.4 Å². The molecule has 0 bridgehead atoms. The number of aromatic nitrogens is 1. The number of fused-ring (bicyclic) bond motifs is 1. The van der Waals surface area contributed by atoms with E-state index < -0.39 is 5.63 Å². The van der Waals surface area contributed by atoms with Crippen LogP contribution in [0.2, 0.25) is 0 Å². The van der Waals surface area contributed by atoms with Crippen LogP contribution in [0.5, 0.6) is 5.75 Å². The maximum Gasteiger partial charge on any atom is 0.345 e. The zero-order valence-electron chi connectivity index (χ0n) is 13.4. The van der Waals surface area contributed by atoms with Gasteiger partial charge in [-0.1, -0.05) is 24.3 Å². The molecule has 2 heterocycles. The first-order chi connectivity index (χ1) is 12.2. The van der Waals surface area contributed by atoms with Crippen molar-refractivity contribution in [2.45, 2.75) is 0 Å². The minimum absolute atomic E-state index is 0.392. The average Bonchev–Trinajstić information content (AvgIpc) is 3.09. The number of rotatable bonds is 4. The molecule has 0 fully saturated rings. The molecule has 0 aliphatic carbocycles. The third-order valence-electron chi connectivity index (χ3n) is 3.74. The number of thiazole rings is 1. The highest BCUT2D eigenvalue weighted by Gasteiger charge is 2.11. The summed E-state index contributed by atoms with van der Waals surface area (Å²) in [5.74, 6) is 0.761. The van der Waals surface area contributed by atoms with Gasteiger partial charge in [-0.3, -0.25) is 0 Å². The highest BCUT2D eigenvalue weighted by molar-refractivity contribution is 7.14. The normalized spacial score (nSPS) is 10.8. The van der Waals surface area contributed by atoms with E-state index in [1.54, 1.807) is 13.2 Å². The first-order valence-electron chi connectivity index (χ1n) is 7.63. The average molecular weight is 350 g/mol. The summed E-state index contributed by atoms with van der Waals surface area (Å²) in [4.78, 5) is 16.8. The molecule has 0 spiro atoms. The van der Waals surface area contributed by atoms with E-state index in [0.29, 0.717) is 22.0 Å². The maximum absolute atomic E-state index is 12.2. The van der Waals surface area contributed by atoms with Crippen molar-refractivity contribution in [3.8, 4) is 17.0 Å². The number of nitrogens with one attached hydrogen (secondary N) is 1. The van der Waals surface area contributed by atoms with Crippen molar-refractivity contribution in [1.82, 2.24) is 4.98 Å².